The third-order valence-corrected chi connectivity index (χ3v) is 4.44. The Hall–Kier alpha value is -1.38. The molecule has 3 heteroatoms. The fourth-order valence-corrected chi connectivity index (χ4v) is 2.88. The highest BCUT2D eigenvalue weighted by atomic mass is 16.2. The Morgan fingerprint density at radius 2 is 1.46 bits per heavy atom. The van der Waals surface area contributed by atoms with Crippen LogP contribution in [0, 0.1) is 0 Å². The maximum Gasteiger partial charge on any atom is 0.231 e. The van der Waals surface area contributed by atoms with Crippen LogP contribution in [0.3, 0.4) is 0 Å². The van der Waals surface area contributed by atoms with Gasteiger partial charge in [0.05, 0.1) is 0 Å². The van der Waals surface area contributed by atoms with Gasteiger partial charge in [0.1, 0.15) is 6.33 Å². The lowest BCUT2D eigenvalue weighted by Crippen LogP contribution is -2.07. The Bertz CT molecular complexity index is 423. The number of hydrogen-bond acceptors (Lipinski definition) is 2. The first-order chi connectivity index (χ1) is 11.8. The molecule has 0 atom stereocenters. The molecule has 0 saturated heterocycles. The summed E-state index contributed by atoms with van der Waals surface area (Å²) in [5.74, 6) is 0.158. The van der Waals surface area contributed by atoms with E-state index in [1.54, 1.807) is 23.3 Å². The third kappa shape index (κ3) is 11.2. The summed E-state index contributed by atoms with van der Waals surface area (Å²) in [6.07, 6.45) is 27.0. The molecule has 1 rings (SSSR count). The summed E-state index contributed by atoms with van der Waals surface area (Å²) < 4.78 is 1.58. The van der Waals surface area contributed by atoms with Crippen molar-refractivity contribution in [3.05, 3.63) is 30.9 Å². The topological polar surface area (TPSA) is 34.9 Å². The minimum Gasteiger partial charge on any atom is -0.276 e. The van der Waals surface area contributed by atoms with E-state index < -0.39 is 0 Å². The highest BCUT2D eigenvalue weighted by Crippen LogP contribution is 2.10. The molecule has 24 heavy (non-hydrogen) atoms. The van der Waals surface area contributed by atoms with Crippen molar-refractivity contribution in [3.8, 4) is 0 Å². The minimum atomic E-state index is 0.158. The van der Waals surface area contributed by atoms with Gasteiger partial charge in [0.2, 0.25) is 5.91 Å². The predicted molar refractivity (Wildman–Crippen MR) is 102 cm³/mol. The van der Waals surface area contributed by atoms with Gasteiger partial charge in [-0.05, 0) is 32.1 Å². The quantitative estimate of drug-likeness (QED) is 0.269. The molecule has 1 aromatic heterocycles. The van der Waals surface area contributed by atoms with Crippen molar-refractivity contribution in [2.45, 2.75) is 96.8 Å². The molecule has 0 fully saturated rings. The van der Waals surface area contributed by atoms with E-state index in [1.807, 2.05) is 0 Å². The second-order valence-corrected chi connectivity index (χ2v) is 6.70. The minimum absolute atomic E-state index is 0.158. The van der Waals surface area contributed by atoms with Gasteiger partial charge in [-0.2, -0.15) is 0 Å². The highest BCUT2D eigenvalue weighted by molar-refractivity contribution is 5.78. The van der Waals surface area contributed by atoms with Crippen LogP contribution < -0.4 is 0 Å². The Kier molecular flexibility index (Phi) is 13.1. The third-order valence-electron chi connectivity index (χ3n) is 4.44. The van der Waals surface area contributed by atoms with Gasteiger partial charge < -0.3 is 0 Å². The van der Waals surface area contributed by atoms with Crippen LogP contribution in [0.25, 0.3) is 0 Å². The first-order valence-corrected chi connectivity index (χ1v) is 10.0. The molecule has 0 radical (unpaired) electrons. The SMILES string of the molecule is CCCCCCCC/C=C\CCCCCCCC(=O)n1ccnc1. The highest BCUT2D eigenvalue weighted by Gasteiger charge is 2.02. The molecule has 0 bridgehead atoms. The first-order valence-electron chi connectivity index (χ1n) is 10.0. The van der Waals surface area contributed by atoms with Crippen molar-refractivity contribution in [1.29, 1.82) is 0 Å². The number of allylic oxidation sites excluding steroid dienone is 2. The first kappa shape index (κ1) is 20.7. The summed E-state index contributed by atoms with van der Waals surface area (Å²) in [6.45, 7) is 2.27. The van der Waals surface area contributed by atoms with Gasteiger partial charge in [-0.1, -0.05) is 70.4 Å². The van der Waals surface area contributed by atoms with Crippen LogP contribution in [0.4, 0.5) is 0 Å². The van der Waals surface area contributed by atoms with Crippen LogP contribution in [0.1, 0.15) is 102 Å². The second kappa shape index (κ2) is 15.2. The normalized spacial score (nSPS) is 11.4. The summed E-state index contributed by atoms with van der Waals surface area (Å²) in [6, 6.07) is 0. The number of nitrogens with zero attached hydrogens (tertiary/aromatic N) is 2. The fraction of sp³-hybridized carbons (Fsp3) is 0.714. The molecule has 0 aliphatic rings. The average molecular weight is 333 g/mol. The number of carbonyl (C=O) groups excluding carboxylic acids is 1. The van der Waals surface area contributed by atoms with Crippen LogP contribution in [0.5, 0.6) is 0 Å². The van der Waals surface area contributed by atoms with Gasteiger partial charge in [0, 0.05) is 18.8 Å². The van der Waals surface area contributed by atoms with Gasteiger partial charge >= 0.3 is 0 Å². The average Bonchev–Trinajstić information content (AvgIpc) is 3.13. The molecule has 0 spiro atoms. The standard InChI is InChI=1S/C21H36N2O/c1-2-3-4-5-6-7-8-9-10-11-12-13-14-15-16-17-21(24)23-19-18-22-20-23/h9-10,18-20H,2-8,11-17H2,1H3/b10-9-. The van der Waals surface area contributed by atoms with E-state index in [0.29, 0.717) is 6.42 Å². The van der Waals surface area contributed by atoms with Crippen molar-refractivity contribution in [2.24, 2.45) is 0 Å². The van der Waals surface area contributed by atoms with Crippen molar-refractivity contribution >= 4 is 5.91 Å². The lowest BCUT2D eigenvalue weighted by atomic mass is 10.1. The lowest BCUT2D eigenvalue weighted by Gasteiger charge is -2.01. The number of unbranched alkanes of at least 4 members (excludes halogenated alkanes) is 11. The van der Waals surface area contributed by atoms with Crippen molar-refractivity contribution in [3.63, 3.8) is 0 Å². The molecule has 0 amide bonds. The van der Waals surface area contributed by atoms with Gasteiger partial charge in [-0.15, -0.1) is 0 Å². The van der Waals surface area contributed by atoms with Crippen molar-refractivity contribution < 1.29 is 4.79 Å². The molecule has 0 N–H and O–H groups in total. The molecule has 136 valence electrons. The summed E-state index contributed by atoms with van der Waals surface area (Å²) in [4.78, 5) is 15.7. The summed E-state index contributed by atoms with van der Waals surface area (Å²) in [7, 11) is 0. The van der Waals surface area contributed by atoms with Gasteiger partial charge in [-0.3, -0.25) is 9.36 Å². The zero-order valence-electron chi connectivity index (χ0n) is 15.6. The molecule has 3 nitrogen and oxygen atoms in total. The van der Waals surface area contributed by atoms with E-state index in [2.05, 4.69) is 24.1 Å². The van der Waals surface area contributed by atoms with Crippen LogP contribution in [0.15, 0.2) is 30.9 Å². The number of hydrogen-bond donors (Lipinski definition) is 0. The summed E-state index contributed by atoms with van der Waals surface area (Å²) >= 11 is 0. The van der Waals surface area contributed by atoms with Crippen LogP contribution in [-0.4, -0.2) is 15.5 Å². The Labute approximate surface area is 148 Å². The molecule has 1 aromatic rings. The number of imidazole rings is 1. The summed E-state index contributed by atoms with van der Waals surface area (Å²) in [5, 5.41) is 0. The number of aromatic nitrogens is 2. The van der Waals surface area contributed by atoms with E-state index in [0.717, 1.165) is 12.8 Å². The van der Waals surface area contributed by atoms with E-state index in [9.17, 15) is 4.79 Å². The Balaban J connectivity index is 1.80. The fourth-order valence-electron chi connectivity index (χ4n) is 2.88. The van der Waals surface area contributed by atoms with E-state index >= 15 is 0 Å². The molecule has 0 aliphatic heterocycles. The van der Waals surface area contributed by atoms with E-state index in [1.165, 1.54) is 70.6 Å². The predicted octanol–water partition coefficient (Wildman–Crippen LogP) is 6.56. The van der Waals surface area contributed by atoms with E-state index in [4.69, 9.17) is 0 Å². The maximum absolute atomic E-state index is 11.8. The van der Waals surface area contributed by atoms with Crippen LogP contribution >= 0.6 is 0 Å². The van der Waals surface area contributed by atoms with Crippen LogP contribution in [-0.2, 0) is 0 Å². The Morgan fingerprint density at radius 3 is 2.04 bits per heavy atom. The second-order valence-electron chi connectivity index (χ2n) is 6.70. The van der Waals surface area contributed by atoms with Gasteiger partial charge in [0.25, 0.3) is 0 Å². The van der Waals surface area contributed by atoms with Crippen molar-refractivity contribution in [1.82, 2.24) is 9.55 Å². The van der Waals surface area contributed by atoms with Crippen LogP contribution in [0.2, 0.25) is 0 Å². The zero-order valence-corrected chi connectivity index (χ0v) is 15.6. The molecule has 1 heterocycles. The van der Waals surface area contributed by atoms with Gasteiger partial charge in [0.15, 0.2) is 0 Å². The lowest BCUT2D eigenvalue weighted by molar-refractivity contribution is 0.0898. The largest absolute Gasteiger partial charge is 0.276 e. The van der Waals surface area contributed by atoms with Gasteiger partial charge in [-0.25, -0.2) is 4.98 Å². The molecular formula is C21H36N2O. The zero-order chi connectivity index (χ0) is 17.3. The Morgan fingerprint density at radius 1 is 0.875 bits per heavy atom. The molecule has 0 aromatic carbocycles. The smallest absolute Gasteiger partial charge is 0.231 e. The van der Waals surface area contributed by atoms with E-state index in [-0.39, 0.29) is 5.91 Å². The number of rotatable bonds is 15. The molecule has 0 saturated carbocycles. The monoisotopic (exact) mass is 332 g/mol. The molecule has 0 aliphatic carbocycles. The summed E-state index contributed by atoms with van der Waals surface area (Å²) in [5.41, 5.74) is 0. The molecular weight excluding hydrogens is 296 g/mol. The number of carbonyl (C=O) groups is 1. The molecule has 0 unspecified atom stereocenters. The van der Waals surface area contributed by atoms with Crippen molar-refractivity contribution in [2.75, 3.05) is 0 Å². The maximum atomic E-state index is 11.8.